The Morgan fingerprint density at radius 2 is 1.58 bits per heavy atom. The molecule has 12 heteroatoms. The average molecular weight is 542 g/mol. The maximum Gasteiger partial charge on any atom is 0.326 e. The van der Waals surface area contributed by atoms with Gasteiger partial charge in [0.15, 0.2) is 0 Å². The maximum atomic E-state index is 13.1. The molecule has 1 heterocycles. The summed E-state index contributed by atoms with van der Waals surface area (Å²) in [6, 6.07) is 9.11. The van der Waals surface area contributed by atoms with Crippen LogP contribution in [0.3, 0.4) is 0 Å². The Morgan fingerprint density at radius 1 is 0.921 bits per heavy atom. The number of carboxylic acid groups (broad SMARTS) is 1. The molecule has 4 atom stereocenters. The van der Waals surface area contributed by atoms with Crippen molar-refractivity contribution in [3.8, 4) is 5.75 Å². The number of benzene rings is 2. The van der Waals surface area contributed by atoms with Crippen molar-refractivity contribution in [2.24, 2.45) is 5.73 Å². The van der Waals surface area contributed by atoms with Gasteiger partial charge in [0.25, 0.3) is 0 Å². The first kappa shape index (κ1) is 28.5. The number of nitrogens with two attached hydrogens (primary N) is 1. The summed E-state index contributed by atoms with van der Waals surface area (Å²) in [6.45, 7) is 1.41. The van der Waals surface area contributed by atoms with Gasteiger partial charge in [-0.1, -0.05) is 30.3 Å². The van der Waals surface area contributed by atoms with Gasteiger partial charge in [-0.15, -0.1) is 0 Å². The van der Waals surface area contributed by atoms with Gasteiger partial charge in [-0.3, -0.25) is 14.4 Å². The van der Waals surface area contributed by atoms with E-state index in [9.17, 15) is 29.4 Å². The number of carboxylic acids is 1. The predicted octanol–water partition coefficient (Wildman–Crippen LogP) is 0.475. The lowest BCUT2D eigenvalue weighted by Gasteiger charge is -2.23. The maximum absolute atomic E-state index is 13.1. The number of carbonyl (C=O) groups is 4. The number of amides is 3. The second-order valence-electron chi connectivity index (χ2n) is 8.91. The summed E-state index contributed by atoms with van der Waals surface area (Å²) in [4.78, 5) is 53.2. The van der Waals surface area contributed by atoms with Crippen molar-refractivity contribution in [1.29, 1.82) is 0 Å². The van der Waals surface area contributed by atoms with E-state index < -0.39 is 47.9 Å². The molecule has 1 aromatic heterocycles. The number of carbonyl (C=O) groups excluding carboxylic acids is 3. The van der Waals surface area contributed by atoms with E-state index in [1.165, 1.54) is 19.1 Å². The van der Waals surface area contributed by atoms with Crippen molar-refractivity contribution in [1.82, 2.24) is 20.9 Å². The molecule has 0 aliphatic heterocycles. The SMILES string of the molecule is CC(NC(=O)C(Cc1ccc(O)cc1)NC(=O)C(N)CS)C(=O)NC(Cc1c[nH]c2ccccc12)C(=O)O. The first-order valence-corrected chi connectivity index (χ1v) is 12.6. The van der Waals surface area contributed by atoms with Gasteiger partial charge in [0.1, 0.15) is 23.9 Å². The molecule has 11 nitrogen and oxygen atoms in total. The van der Waals surface area contributed by atoms with Crippen molar-refractivity contribution >= 4 is 47.2 Å². The van der Waals surface area contributed by atoms with E-state index in [0.29, 0.717) is 5.56 Å². The minimum Gasteiger partial charge on any atom is -0.508 e. The van der Waals surface area contributed by atoms with Crippen molar-refractivity contribution in [2.75, 3.05) is 5.75 Å². The summed E-state index contributed by atoms with van der Waals surface area (Å²) in [6.07, 6.45) is 1.79. The number of para-hydroxylation sites is 1. The van der Waals surface area contributed by atoms with Crippen molar-refractivity contribution in [3.63, 3.8) is 0 Å². The summed E-state index contributed by atoms with van der Waals surface area (Å²) in [5, 5.41) is 27.6. The summed E-state index contributed by atoms with van der Waals surface area (Å²) < 4.78 is 0. The second-order valence-corrected chi connectivity index (χ2v) is 9.28. The summed E-state index contributed by atoms with van der Waals surface area (Å²) >= 11 is 4.00. The van der Waals surface area contributed by atoms with E-state index in [1.54, 1.807) is 18.3 Å². The lowest BCUT2D eigenvalue weighted by molar-refractivity contribution is -0.142. The monoisotopic (exact) mass is 541 g/mol. The van der Waals surface area contributed by atoms with Crippen LogP contribution in [0.4, 0.5) is 0 Å². The second kappa shape index (κ2) is 13.0. The van der Waals surface area contributed by atoms with Crippen LogP contribution in [0.5, 0.6) is 5.75 Å². The number of hydrogen-bond donors (Lipinski definition) is 8. The van der Waals surface area contributed by atoms with Crippen LogP contribution >= 0.6 is 12.6 Å². The molecular formula is C26H31N5O6S. The Balaban J connectivity index is 1.68. The van der Waals surface area contributed by atoms with Crippen LogP contribution < -0.4 is 21.7 Å². The van der Waals surface area contributed by atoms with Crippen LogP contribution in [-0.4, -0.2) is 68.8 Å². The number of fused-ring (bicyclic) bond motifs is 1. The molecule has 0 fully saturated rings. The van der Waals surface area contributed by atoms with Crippen molar-refractivity contribution in [2.45, 2.75) is 43.9 Å². The molecule has 3 amide bonds. The predicted molar refractivity (Wildman–Crippen MR) is 145 cm³/mol. The van der Waals surface area contributed by atoms with E-state index in [0.717, 1.165) is 16.5 Å². The zero-order chi connectivity index (χ0) is 27.8. The highest BCUT2D eigenvalue weighted by atomic mass is 32.1. The highest BCUT2D eigenvalue weighted by molar-refractivity contribution is 7.80. The topological polar surface area (TPSA) is 187 Å². The molecule has 38 heavy (non-hydrogen) atoms. The van der Waals surface area contributed by atoms with Crippen molar-refractivity contribution < 1.29 is 29.4 Å². The van der Waals surface area contributed by atoms with Crippen LogP contribution in [0.25, 0.3) is 10.9 Å². The number of hydrogen-bond acceptors (Lipinski definition) is 7. The van der Waals surface area contributed by atoms with Gasteiger partial charge in [-0.2, -0.15) is 12.6 Å². The Morgan fingerprint density at radius 3 is 2.24 bits per heavy atom. The zero-order valence-electron chi connectivity index (χ0n) is 20.7. The largest absolute Gasteiger partial charge is 0.508 e. The number of aliphatic carboxylic acids is 1. The quantitative estimate of drug-likeness (QED) is 0.153. The van der Waals surface area contributed by atoms with E-state index in [-0.39, 0.29) is 24.3 Å². The van der Waals surface area contributed by atoms with E-state index in [4.69, 9.17) is 5.73 Å². The van der Waals surface area contributed by atoms with Gasteiger partial charge in [-0.25, -0.2) is 4.79 Å². The smallest absolute Gasteiger partial charge is 0.326 e. The molecule has 0 bridgehead atoms. The summed E-state index contributed by atoms with van der Waals surface area (Å²) in [5.74, 6) is -3.08. The van der Waals surface area contributed by atoms with Crippen LogP contribution in [0, 0.1) is 0 Å². The molecule has 0 saturated carbocycles. The Bertz CT molecular complexity index is 1290. The van der Waals surface area contributed by atoms with Crippen LogP contribution in [0.1, 0.15) is 18.1 Å². The highest BCUT2D eigenvalue weighted by Crippen LogP contribution is 2.19. The van der Waals surface area contributed by atoms with Crippen LogP contribution in [0.2, 0.25) is 0 Å². The number of phenols is 1. The van der Waals surface area contributed by atoms with E-state index in [1.807, 2.05) is 24.3 Å². The molecule has 0 spiro atoms. The number of nitrogens with one attached hydrogen (secondary N) is 4. The summed E-state index contributed by atoms with van der Waals surface area (Å²) in [7, 11) is 0. The van der Waals surface area contributed by atoms with Crippen LogP contribution in [0.15, 0.2) is 54.7 Å². The molecule has 8 N–H and O–H groups in total. The Labute approximate surface area is 224 Å². The minimum absolute atomic E-state index is 0.0346. The first-order chi connectivity index (χ1) is 18.1. The molecule has 2 aromatic carbocycles. The van der Waals surface area contributed by atoms with Gasteiger partial charge in [0.2, 0.25) is 17.7 Å². The van der Waals surface area contributed by atoms with Gasteiger partial charge in [-0.05, 0) is 36.2 Å². The number of aromatic hydroxyl groups is 1. The number of rotatable bonds is 12. The Hall–Kier alpha value is -4.03. The number of H-pyrrole nitrogens is 1. The van der Waals surface area contributed by atoms with Gasteiger partial charge in [0.05, 0.1) is 6.04 Å². The molecule has 3 aromatic rings. The van der Waals surface area contributed by atoms with E-state index in [2.05, 4.69) is 33.6 Å². The van der Waals surface area contributed by atoms with Gasteiger partial charge in [0, 0.05) is 35.7 Å². The first-order valence-electron chi connectivity index (χ1n) is 11.9. The highest BCUT2D eigenvalue weighted by Gasteiger charge is 2.29. The molecule has 4 unspecified atom stereocenters. The third kappa shape index (κ3) is 7.49. The van der Waals surface area contributed by atoms with Gasteiger partial charge >= 0.3 is 5.97 Å². The normalized spacial score (nSPS) is 14.2. The lowest BCUT2D eigenvalue weighted by Crippen LogP contribution is -2.57. The Kier molecular flexibility index (Phi) is 9.74. The minimum atomic E-state index is -1.23. The summed E-state index contributed by atoms with van der Waals surface area (Å²) in [5.41, 5.74) is 7.94. The molecule has 0 saturated heterocycles. The number of phenolic OH excluding ortho intramolecular Hbond substituents is 1. The fourth-order valence-electron chi connectivity index (χ4n) is 3.84. The standard InChI is InChI=1S/C26H31N5O6S/c1-14(23(33)31-22(26(36)37)11-16-12-28-20-5-3-2-4-18(16)20)29-25(35)21(30-24(34)19(27)13-38)10-15-6-8-17(32)9-7-15/h2-9,12,14,19,21-22,28,32,38H,10-11,13,27H2,1H3,(H,29,35)(H,30,34)(H,31,33)(H,36,37). The molecule has 0 aliphatic rings. The third-order valence-electron chi connectivity index (χ3n) is 6.01. The molecular weight excluding hydrogens is 510 g/mol. The number of aromatic nitrogens is 1. The fourth-order valence-corrected chi connectivity index (χ4v) is 4.00. The van der Waals surface area contributed by atoms with Crippen molar-refractivity contribution in [3.05, 3.63) is 65.9 Å². The van der Waals surface area contributed by atoms with Crippen LogP contribution in [-0.2, 0) is 32.0 Å². The van der Waals surface area contributed by atoms with Gasteiger partial charge < -0.3 is 36.9 Å². The molecule has 0 radical (unpaired) electrons. The zero-order valence-corrected chi connectivity index (χ0v) is 21.6. The lowest BCUT2D eigenvalue weighted by atomic mass is 10.0. The molecule has 0 aliphatic carbocycles. The molecule has 3 rings (SSSR count). The fraction of sp³-hybridized carbons (Fsp3) is 0.308. The third-order valence-corrected chi connectivity index (χ3v) is 6.40. The molecule has 202 valence electrons. The average Bonchev–Trinajstić information content (AvgIpc) is 3.31. The van der Waals surface area contributed by atoms with E-state index >= 15 is 0 Å². The number of aromatic amines is 1. The number of thiol groups is 1.